The van der Waals surface area contributed by atoms with Crippen molar-refractivity contribution in [3.63, 3.8) is 0 Å². The molecule has 24 heavy (non-hydrogen) atoms. The Kier molecular flexibility index (Phi) is 6.83. The van der Waals surface area contributed by atoms with E-state index < -0.39 is 6.10 Å². The molecule has 3 nitrogen and oxygen atoms in total. The third-order valence-electron chi connectivity index (χ3n) is 4.34. The topological polar surface area (TPSA) is 32.7 Å². The molecule has 130 valence electrons. The summed E-state index contributed by atoms with van der Waals surface area (Å²) in [7, 11) is 0. The summed E-state index contributed by atoms with van der Waals surface area (Å²) in [4.78, 5) is 2.29. The zero-order valence-electron chi connectivity index (χ0n) is 15.2. The lowest BCUT2D eigenvalue weighted by molar-refractivity contribution is 0.0540. The number of benzene rings is 2. The van der Waals surface area contributed by atoms with E-state index in [0.29, 0.717) is 19.2 Å². The van der Waals surface area contributed by atoms with Crippen LogP contribution in [0, 0.1) is 13.8 Å². The SMILES string of the molecule is Cc1ccccc1CN(C[C@H](O)COc1ccccc1C)C(C)C. The molecular weight excluding hydrogens is 298 g/mol. The second kappa shape index (κ2) is 8.86. The normalized spacial score (nSPS) is 12.6. The van der Waals surface area contributed by atoms with Crippen LogP contribution in [0.15, 0.2) is 48.5 Å². The fourth-order valence-electron chi connectivity index (χ4n) is 2.69. The van der Waals surface area contributed by atoms with Gasteiger partial charge in [0.15, 0.2) is 0 Å². The summed E-state index contributed by atoms with van der Waals surface area (Å²) in [5, 5.41) is 10.4. The molecule has 0 amide bonds. The van der Waals surface area contributed by atoms with E-state index >= 15 is 0 Å². The van der Waals surface area contributed by atoms with Gasteiger partial charge in [0, 0.05) is 19.1 Å². The average Bonchev–Trinajstić information content (AvgIpc) is 2.55. The Morgan fingerprint density at radius 1 is 0.958 bits per heavy atom. The molecule has 2 rings (SSSR count). The van der Waals surface area contributed by atoms with Gasteiger partial charge in [0.05, 0.1) is 0 Å². The lowest BCUT2D eigenvalue weighted by atomic mass is 10.1. The Bertz CT molecular complexity index is 639. The Morgan fingerprint density at radius 3 is 2.21 bits per heavy atom. The maximum absolute atomic E-state index is 10.4. The molecule has 0 aliphatic heterocycles. The fourth-order valence-corrected chi connectivity index (χ4v) is 2.69. The third-order valence-corrected chi connectivity index (χ3v) is 4.34. The molecule has 0 heterocycles. The van der Waals surface area contributed by atoms with E-state index in [1.54, 1.807) is 0 Å². The molecule has 0 unspecified atom stereocenters. The van der Waals surface area contributed by atoms with Crippen LogP contribution in [0.2, 0.25) is 0 Å². The van der Waals surface area contributed by atoms with Crippen molar-refractivity contribution in [1.82, 2.24) is 4.90 Å². The van der Waals surface area contributed by atoms with E-state index in [-0.39, 0.29) is 0 Å². The lowest BCUT2D eigenvalue weighted by Crippen LogP contribution is -2.39. The molecule has 0 radical (unpaired) electrons. The molecule has 2 aromatic carbocycles. The van der Waals surface area contributed by atoms with E-state index in [1.807, 2.05) is 31.2 Å². The van der Waals surface area contributed by atoms with Gasteiger partial charge in [-0.1, -0.05) is 42.5 Å². The largest absolute Gasteiger partial charge is 0.491 e. The number of aliphatic hydroxyl groups excluding tert-OH is 1. The molecule has 0 bridgehead atoms. The zero-order chi connectivity index (χ0) is 17.5. The lowest BCUT2D eigenvalue weighted by Gasteiger charge is -2.29. The van der Waals surface area contributed by atoms with Crippen molar-refractivity contribution in [2.24, 2.45) is 0 Å². The van der Waals surface area contributed by atoms with Crippen LogP contribution in [0.1, 0.15) is 30.5 Å². The van der Waals surface area contributed by atoms with Gasteiger partial charge in [-0.15, -0.1) is 0 Å². The highest BCUT2D eigenvalue weighted by Gasteiger charge is 2.16. The second-order valence-electron chi connectivity index (χ2n) is 6.68. The third kappa shape index (κ3) is 5.36. The standard InChI is InChI=1S/C21H29NO2/c1-16(2)22(13-19-11-7-5-9-17(19)3)14-20(23)15-24-21-12-8-6-10-18(21)4/h5-12,16,20,23H,13-15H2,1-4H3/t20-/m0/s1. The van der Waals surface area contributed by atoms with Gasteiger partial charge in [-0.2, -0.15) is 0 Å². The highest BCUT2D eigenvalue weighted by Crippen LogP contribution is 2.17. The summed E-state index contributed by atoms with van der Waals surface area (Å²) in [5.74, 6) is 0.839. The van der Waals surface area contributed by atoms with Gasteiger partial charge in [0.1, 0.15) is 18.5 Å². The first-order valence-corrected chi connectivity index (χ1v) is 8.62. The number of hydrogen-bond donors (Lipinski definition) is 1. The Labute approximate surface area is 145 Å². The van der Waals surface area contributed by atoms with Gasteiger partial charge in [0.2, 0.25) is 0 Å². The predicted molar refractivity (Wildman–Crippen MR) is 99.4 cm³/mol. The first-order valence-electron chi connectivity index (χ1n) is 8.62. The Balaban J connectivity index is 1.92. The van der Waals surface area contributed by atoms with Crippen molar-refractivity contribution in [3.05, 3.63) is 65.2 Å². The van der Waals surface area contributed by atoms with E-state index in [4.69, 9.17) is 4.74 Å². The molecule has 0 aliphatic rings. The number of para-hydroxylation sites is 1. The summed E-state index contributed by atoms with van der Waals surface area (Å²) in [6.07, 6.45) is -0.518. The fraction of sp³-hybridized carbons (Fsp3) is 0.429. The van der Waals surface area contributed by atoms with Crippen LogP contribution in [0.5, 0.6) is 5.75 Å². The summed E-state index contributed by atoms with van der Waals surface area (Å²) >= 11 is 0. The molecule has 0 saturated heterocycles. The van der Waals surface area contributed by atoms with Gasteiger partial charge in [-0.05, 0) is 50.5 Å². The van der Waals surface area contributed by atoms with Gasteiger partial charge < -0.3 is 9.84 Å². The van der Waals surface area contributed by atoms with Crippen molar-refractivity contribution in [2.75, 3.05) is 13.2 Å². The molecule has 0 aliphatic carbocycles. The average molecular weight is 327 g/mol. The maximum Gasteiger partial charge on any atom is 0.122 e. The van der Waals surface area contributed by atoms with E-state index in [0.717, 1.165) is 17.9 Å². The zero-order valence-corrected chi connectivity index (χ0v) is 15.2. The molecule has 1 atom stereocenters. The minimum Gasteiger partial charge on any atom is -0.491 e. The Hall–Kier alpha value is -1.84. The van der Waals surface area contributed by atoms with Crippen LogP contribution < -0.4 is 4.74 Å². The van der Waals surface area contributed by atoms with Crippen molar-refractivity contribution in [2.45, 2.75) is 46.4 Å². The summed E-state index contributed by atoms with van der Waals surface area (Å²) in [6.45, 7) is 10.2. The highest BCUT2D eigenvalue weighted by molar-refractivity contribution is 5.31. The first kappa shape index (κ1) is 18.5. The van der Waals surface area contributed by atoms with Crippen molar-refractivity contribution in [1.29, 1.82) is 0 Å². The van der Waals surface area contributed by atoms with Gasteiger partial charge in [-0.25, -0.2) is 0 Å². The number of rotatable bonds is 8. The number of aliphatic hydroxyl groups is 1. The van der Waals surface area contributed by atoms with Gasteiger partial charge in [-0.3, -0.25) is 4.90 Å². The monoisotopic (exact) mass is 327 g/mol. The maximum atomic E-state index is 10.4. The van der Waals surface area contributed by atoms with Gasteiger partial charge >= 0.3 is 0 Å². The van der Waals surface area contributed by atoms with Crippen molar-refractivity contribution >= 4 is 0 Å². The molecule has 1 N–H and O–H groups in total. The quantitative estimate of drug-likeness (QED) is 0.797. The molecular formula is C21H29NO2. The predicted octanol–water partition coefficient (Wildman–Crippen LogP) is 3.95. The van der Waals surface area contributed by atoms with E-state index in [2.05, 4.69) is 49.9 Å². The summed E-state index contributed by atoms with van der Waals surface area (Å²) in [5.41, 5.74) is 3.68. The smallest absolute Gasteiger partial charge is 0.122 e. The van der Waals surface area contributed by atoms with Crippen molar-refractivity contribution < 1.29 is 9.84 Å². The molecule has 0 spiro atoms. The Morgan fingerprint density at radius 2 is 1.58 bits per heavy atom. The summed E-state index contributed by atoms with van der Waals surface area (Å²) in [6, 6.07) is 16.7. The minimum absolute atomic E-state index is 0.307. The van der Waals surface area contributed by atoms with Gasteiger partial charge in [0.25, 0.3) is 0 Å². The van der Waals surface area contributed by atoms with Crippen molar-refractivity contribution in [3.8, 4) is 5.75 Å². The number of ether oxygens (including phenoxy) is 1. The van der Waals surface area contributed by atoms with Crippen LogP contribution in [-0.2, 0) is 6.54 Å². The molecule has 2 aromatic rings. The van der Waals surface area contributed by atoms with E-state index in [1.165, 1.54) is 11.1 Å². The molecule has 3 heteroatoms. The minimum atomic E-state index is -0.518. The van der Waals surface area contributed by atoms with Crippen LogP contribution in [0.4, 0.5) is 0 Å². The van der Waals surface area contributed by atoms with Crippen LogP contribution in [0.3, 0.4) is 0 Å². The number of hydrogen-bond acceptors (Lipinski definition) is 3. The van der Waals surface area contributed by atoms with E-state index in [9.17, 15) is 5.11 Å². The highest BCUT2D eigenvalue weighted by atomic mass is 16.5. The number of aryl methyl sites for hydroxylation is 2. The first-order chi connectivity index (χ1) is 11.5. The van der Waals surface area contributed by atoms with Crippen LogP contribution >= 0.6 is 0 Å². The summed E-state index contributed by atoms with van der Waals surface area (Å²) < 4.78 is 5.78. The molecule has 0 fully saturated rings. The molecule has 0 saturated carbocycles. The molecule has 0 aromatic heterocycles. The number of nitrogens with zero attached hydrogens (tertiary/aromatic N) is 1. The van der Waals surface area contributed by atoms with Crippen LogP contribution in [0.25, 0.3) is 0 Å². The second-order valence-corrected chi connectivity index (χ2v) is 6.68. The van der Waals surface area contributed by atoms with Crippen LogP contribution in [-0.4, -0.2) is 35.3 Å².